The predicted octanol–water partition coefficient (Wildman–Crippen LogP) is 2.29. The van der Waals surface area contributed by atoms with Crippen LogP contribution in [0.25, 0.3) is 11.3 Å². The Morgan fingerprint density at radius 3 is 2.75 bits per heavy atom. The summed E-state index contributed by atoms with van der Waals surface area (Å²) in [5, 5.41) is 8.37. The fourth-order valence-corrected chi connectivity index (χ4v) is 2.17. The largest absolute Gasteiger partial charge is 0.364 e. The van der Waals surface area contributed by atoms with Gasteiger partial charge in [-0.15, -0.1) is 0 Å². The average molecular weight is 235 g/mol. The molecule has 1 amide bonds. The number of hydrogen-bond donors (Lipinski definition) is 1. The molecule has 0 unspecified atom stereocenters. The molecule has 0 aromatic carbocycles. The van der Waals surface area contributed by atoms with Crippen molar-refractivity contribution in [3.05, 3.63) is 28.6 Å². The third-order valence-corrected chi connectivity index (χ3v) is 2.98. The third kappa shape index (κ3) is 1.86. The van der Waals surface area contributed by atoms with Crippen LogP contribution < -0.4 is 5.73 Å². The minimum absolute atomic E-state index is 0.120. The van der Waals surface area contributed by atoms with Crippen LogP contribution in [0.5, 0.6) is 0 Å². The molecule has 2 aromatic rings. The van der Waals surface area contributed by atoms with Crippen molar-refractivity contribution in [2.75, 3.05) is 0 Å². The summed E-state index contributed by atoms with van der Waals surface area (Å²) >= 11 is 1.60. The second-order valence-electron chi connectivity index (χ2n) is 3.83. The van der Waals surface area contributed by atoms with Crippen LogP contribution >= 0.6 is 11.3 Å². The zero-order valence-corrected chi connectivity index (χ0v) is 9.99. The summed E-state index contributed by atoms with van der Waals surface area (Å²) in [6.07, 6.45) is 0. The molecule has 0 radical (unpaired) electrons. The molecule has 16 heavy (non-hydrogen) atoms. The van der Waals surface area contributed by atoms with Gasteiger partial charge in [-0.2, -0.15) is 16.4 Å². The lowest BCUT2D eigenvalue weighted by atomic mass is 10.2. The Bertz CT molecular complexity index is 499. The van der Waals surface area contributed by atoms with Crippen LogP contribution in [-0.4, -0.2) is 15.7 Å². The third-order valence-electron chi connectivity index (χ3n) is 2.29. The molecule has 2 N–H and O–H groups in total. The van der Waals surface area contributed by atoms with E-state index in [2.05, 4.69) is 5.10 Å². The number of rotatable bonds is 3. The Morgan fingerprint density at radius 1 is 1.56 bits per heavy atom. The summed E-state index contributed by atoms with van der Waals surface area (Å²) in [5.41, 5.74) is 7.59. The normalized spacial score (nSPS) is 10.9. The summed E-state index contributed by atoms with van der Waals surface area (Å²) in [5.74, 6) is -0.442. The number of carbonyl (C=O) groups is 1. The molecule has 5 heteroatoms. The van der Waals surface area contributed by atoms with E-state index in [1.807, 2.05) is 30.7 Å². The molecule has 2 aromatic heterocycles. The molecule has 2 heterocycles. The first-order chi connectivity index (χ1) is 7.59. The zero-order chi connectivity index (χ0) is 11.7. The highest BCUT2D eigenvalue weighted by molar-refractivity contribution is 7.08. The van der Waals surface area contributed by atoms with Crippen molar-refractivity contribution in [1.82, 2.24) is 9.78 Å². The van der Waals surface area contributed by atoms with Crippen molar-refractivity contribution in [2.45, 2.75) is 19.9 Å². The van der Waals surface area contributed by atoms with E-state index in [1.165, 1.54) is 0 Å². The average Bonchev–Trinajstić information content (AvgIpc) is 2.86. The van der Waals surface area contributed by atoms with E-state index in [-0.39, 0.29) is 6.04 Å². The van der Waals surface area contributed by atoms with Crippen LogP contribution in [0.2, 0.25) is 0 Å². The van der Waals surface area contributed by atoms with Crippen molar-refractivity contribution in [1.29, 1.82) is 0 Å². The minimum atomic E-state index is -0.442. The Balaban J connectivity index is 2.51. The van der Waals surface area contributed by atoms with Crippen LogP contribution in [0.1, 0.15) is 30.4 Å². The van der Waals surface area contributed by atoms with Gasteiger partial charge in [0.05, 0.1) is 5.69 Å². The van der Waals surface area contributed by atoms with Gasteiger partial charge in [0.25, 0.3) is 5.91 Å². The number of carbonyl (C=O) groups excluding carboxylic acids is 1. The van der Waals surface area contributed by atoms with Crippen molar-refractivity contribution in [2.24, 2.45) is 5.73 Å². The molecule has 0 fully saturated rings. The van der Waals surface area contributed by atoms with Gasteiger partial charge in [-0.1, -0.05) is 0 Å². The van der Waals surface area contributed by atoms with Crippen LogP contribution in [0.3, 0.4) is 0 Å². The van der Waals surface area contributed by atoms with E-state index in [0.717, 1.165) is 11.3 Å². The van der Waals surface area contributed by atoms with Gasteiger partial charge in [-0.3, -0.25) is 9.48 Å². The summed E-state index contributed by atoms with van der Waals surface area (Å²) in [4.78, 5) is 11.3. The smallest absolute Gasteiger partial charge is 0.267 e. The van der Waals surface area contributed by atoms with Crippen LogP contribution in [-0.2, 0) is 0 Å². The fourth-order valence-electron chi connectivity index (χ4n) is 1.52. The molecule has 0 saturated carbocycles. The molecule has 84 valence electrons. The van der Waals surface area contributed by atoms with Crippen LogP contribution in [0.4, 0.5) is 0 Å². The SMILES string of the molecule is CC(C)n1nc(-c2ccsc2)cc1C(N)=O. The maximum atomic E-state index is 11.3. The molecule has 0 saturated heterocycles. The van der Waals surface area contributed by atoms with Gasteiger partial charge in [0.1, 0.15) is 5.69 Å². The highest BCUT2D eigenvalue weighted by Crippen LogP contribution is 2.23. The van der Waals surface area contributed by atoms with Crippen molar-refractivity contribution in [3.8, 4) is 11.3 Å². The first kappa shape index (κ1) is 10.9. The maximum Gasteiger partial charge on any atom is 0.267 e. The Morgan fingerprint density at radius 2 is 2.31 bits per heavy atom. The monoisotopic (exact) mass is 235 g/mol. The molecular formula is C11H13N3OS. The number of thiophene rings is 1. The highest BCUT2D eigenvalue weighted by Gasteiger charge is 2.15. The number of amides is 1. The van der Waals surface area contributed by atoms with Crippen molar-refractivity contribution < 1.29 is 4.79 Å². The fraction of sp³-hybridized carbons (Fsp3) is 0.273. The second kappa shape index (κ2) is 4.09. The Kier molecular flexibility index (Phi) is 2.78. The van der Waals surface area contributed by atoms with Gasteiger partial charge in [0, 0.05) is 17.0 Å². The Labute approximate surface area is 97.7 Å². The van der Waals surface area contributed by atoms with E-state index in [1.54, 1.807) is 22.1 Å². The van der Waals surface area contributed by atoms with E-state index in [0.29, 0.717) is 5.69 Å². The van der Waals surface area contributed by atoms with Gasteiger partial charge in [0.2, 0.25) is 0 Å². The predicted molar refractivity (Wildman–Crippen MR) is 64.4 cm³/mol. The highest BCUT2D eigenvalue weighted by atomic mass is 32.1. The van der Waals surface area contributed by atoms with Gasteiger partial charge in [-0.25, -0.2) is 0 Å². The quantitative estimate of drug-likeness (QED) is 0.887. The van der Waals surface area contributed by atoms with Gasteiger partial charge >= 0.3 is 0 Å². The minimum Gasteiger partial charge on any atom is -0.364 e. The molecular weight excluding hydrogens is 222 g/mol. The standard InChI is InChI=1S/C11H13N3OS/c1-7(2)14-10(11(12)15)5-9(13-14)8-3-4-16-6-8/h3-7H,1-2H3,(H2,12,15). The van der Waals surface area contributed by atoms with E-state index < -0.39 is 5.91 Å². The summed E-state index contributed by atoms with van der Waals surface area (Å²) in [6, 6.07) is 3.84. The molecule has 0 aliphatic rings. The van der Waals surface area contributed by atoms with E-state index >= 15 is 0 Å². The number of nitrogens with zero attached hydrogens (tertiary/aromatic N) is 2. The maximum absolute atomic E-state index is 11.3. The molecule has 0 bridgehead atoms. The van der Waals surface area contributed by atoms with Gasteiger partial charge in [0.15, 0.2) is 0 Å². The Hall–Kier alpha value is -1.62. The first-order valence-electron chi connectivity index (χ1n) is 5.01. The summed E-state index contributed by atoms with van der Waals surface area (Å²) < 4.78 is 1.66. The molecule has 0 spiro atoms. The van der Waals surface area contributed by atoms with E-state index in [4.69, 9.17) is 5.73 Å². The first-order valence-corrected chi connectivity index (χ1v) is 5.96. The number of hydrogen-bond acceptors (Lipinski definition) is 3. The van der Waals surface area contributed by atoms with Crippen molar-refractivity contribution in [3.63, 3.8) is 0 Å². The van der Waals surface area contributed by atoms with Gasteiger partial charge in [-0.05, 0) is 31.4 Å². The summed E-state index contributed by atoms with van der Waals surface area (Å²) in [7, 11) is 0. The number of aromatic nitrogens is 2. The van der Waals surface area contributed by atoms with E-state index in [9.17, 15) is 4.79 Å². The molecule has 0 aliphatic heterocycles. The lowest BCUT2D eigenvalue weighted by Crippen LogP contribution is -2.18. The van der Waals surface area contributed by atoms with Crippen molar-refractivity contribution >= 4 is 17.2 Å². The van der Waals surface area contributed by atoms with Crippen LogP contribution in [0, 0.1) is 0 Å². The van der Waals surface area contributed by atoms with Crippen LogP contribution in [0.15, 0.2) is 22.9 Å². The molecule has 0 atom stereocenters. The lowest BCUT2D eigenvalue weighted by Gasteiger charge is -2.07. The number of primary amides is 1. The summed E-state index contributed by atoms with van der Waals surface area (Å²) in [6.45, 7) is 3.94. The van der Waals surface area contributed by atoms with Gasteiger partial charge < -0.3 is 5.73 Å². The molecule has 4 nitrogen and oxygen atoms in total. The topological polar surface area (TPSA) is 60.9 Å². The second-order valence-corrected chi connectivity index (χ2v) is 4.61. The zero-order valence-electron chi connectivity index (χ0n) is 9.18. The molecule has 2 rings (SSSR count). The lowest BCUT2D eigenvalue weighted by molar-refractivity contribution is 0.0988. The number of nitrogens with two attached hydrogens (primary N) is 1. The molecule has 0 aliphatic carbocycles.